The van der Waals surface area contributed by atoms with E-state index in [1.54, 1.807) is 23.1 Å². The van der Waals surface area contributed by atoms with Gasteiger partial charge in [-0.25, -0.2) is 9.18 Å². The zero-order chi connectivity index (χ0) is 28.1. The van der Waals surface area contributed by atoms with Crippen LogP contribution in [0.25, 0.3) is 0 Å². The maximum Gasteiger partial charge on any atom is 0.434 e. The second-order valence-electron chi connectivity index (χ2n) is 9.40. The fraction of sp³-hybridized carbons (Fsp3) is 0.440. The highest BCUT2D eigenvalue weighted by atomic mass is 19.4. The normalized spacial score (nSPS) is 21.8. The maximum atomic E-state index is 13.5. The highest BCUT2D eigenvalue weighted by Gasteiger charge is 2.60. The molecule has 0 N–H and O–H groups in total. The summed E-state index contributed by atoms with van der Waals surface area (Å²) in [5.41, 5.74) is 1.28. The van der Waals surface area contributed by atoms with E-state index in [0.717, 1.165) is 4.90 Å². The number of alkyl halides is 6. The van der Waals surface area contributed by atoms with Crippen LogP contribution >= 0.6 is 0 Å². The number of likely N-dealkylation sites (tertiary alicyclic amines) is 2. The van der Waals surface area contributed by atoms with Crippen molar-refractivity contribution in [2.24, 2.45) is 0 Å². The number of carbonyl (C=O) groups excluding carboxylic acids is 2. The van der Waals surface area contributed by atoms with Crippen LogP contribution in [-0.2, 0) is 9.53 Å². The van der Waals surface area contributed by atoms with E-state index in [1.165, 1.54) is 24.3 Å². The minimum absolute atomic E-state index is 0.0333. The zero-order valence-corrected chi connectivity index (χ0v) is 20.0. The number of rotatable bonds is 4. The zero-order valence-electron chi connectivity index (χ0n) is 20.0. The topological polar surface area (TPSA) is 68.3 Å². The first-order valence-electron chi connectivity index (χ1n) is 11.9. The lowest BCUT2D eigenvalue weighted by atomic mass is 9.75. The van der Waals surface area contributed by atoms with Crippen LogP contribution in [0.5, 0.6) is 11.5 Å². The second-order valence-corrected chi connectivity index (χ2v) is 9.40. The number of β-lactam (4-membered cyclic amide) rings is 1. The van der Waals surface area contributed by atoms with Crippen LogP contribution in [0.15, 0.2) is 42.5 Å². The molecular formula is C25H21F7N2O5. The first-order chi connectivity index (χ1) is 18.3. The lowest BCUT2D eigenvalue weighted by molar-refractivity contribution is -0.308. The number of amides is 2. The Morgan fingerprint density at radius 2 is 1.49 bits per heavy atom. The van der Waals surface area contributed by atoms with Gasteiger partial charge in [-0.05, 0) is 48.2 Å². The molecule has 0 aliphatic carbocycles. The van der Waals surface area contributed by atoms with Gasteiger partial charge in [0.25, 0.3) is 6.10 Å². The van der Waals surface area contributed by atoms with E-state index in [2.05, 4.69) is 4.74 Å². The number of hydrogen-bond donors (Lipinski definition) is 0. The summed E-state index contributed by atoms with van der Waals surface area (Å²) in [6.07, 6.45) is -17.4. The maximum absolute atomic E-state index is 13.5. The van der Waals surface area contributed by atoms with Gasteiger partial charge in [0.1, 0.15) is 5.82 Å². The highest BCUT2D eigenvalue weighted by Crippen LogP contribution is 2.50. The minimum Gasteiger partial charge on any atom is -0.454 e. The molecule has 3 heterocycles. The molecular weight excluding hydrogens is 541 g/mol. The first-order valence-corrected chi connectivity index (χ1v) is 11.9. The summed E-state index contributed by atoms with van der Waals surface area (Å²) in [5.74, 6) is -0.407. The Morgan fingerprint density at radius 1 is 0.897 bits per heavy atom. The Bertz CT molecular complexity index is 1230. The Morgan fingerprint density at radius 3 is 2.10 bits per heavy atom. The van der Waals surface area contributed by atoms with E-state index in [0.29, 0.717) is 22.6 Å². The van der Waals surface area contributed by atoms with Crippen LogP contribution in [0, 0.1) is 5.82 Å². The predicted octanol–water partition coefficient (Wildman–Crippen LogP) is 5.32. The van der Waals surface area contributed by atoms with Gasteiger partial charge in [-0.15, -0.1) is 0 Å². The van der Waals surface area contributed by atoms with Crippen LogP contribution in [-0.4, -0.2) is 66.2 Å². The van der Waals surface area contributed by atoms with Crippen molar-refractivity contribution in [3.63, 3.8) is 0 Å². The van der Waals surface area contributed by atoms with E-state index in [4.69, 9.17) is 9.47 Å². The van der Waals surface area contributed by atoms with Gasteiger partial charge >= 0.3 is 18.4 Å². The van der Waals surface area contributed by atoms with Gasteiger partial charge in [-0.3, -0.25) is 4.79 Å². The summed E-state index contributed by atoms with van der Waals surface area (Å²) in [4.78, 5) is 27.9. The number of hydrogen-bond acceptors (Lipinski definition) is 5. The molecule has 0 spiro atoms. The largest absolute Gasteiger partial charge is 0.454 e. The third kappa shape index (κ3) is 5.15. The summed E-state index contributed by atoms with van der Waals surface area (Å²) >= 11 is 0. The quantitative estimate of drug-likeness (QED) is 0.373. The number of halogens is 7. The molecule has 2 aromatic rings. The van der Waals surface area contributed by atoms with Crippen molar-refractivity contribution < 1.29 is 54.5 Å². The average molecular weight is 562 g/mol. The van der Waals surface area contributed by atoms with Crippen LogP contribution in [0.3, 0.4) is 0 Å². The molecule has 2 aromatic carbocycles. The fourth-order valence-corrected chi connectivity index (χ4v) is 5.18. The molecule has 210 valence electrons. The van der Waals surface area contributed by atoms with E-state index >= 15 is 0 Å². The molecule has 2 amide bonds. The van der Waals surface area contributed by atoms with Crippen molar-refractivity contribution in [1.82, 2.24) is 9.80 Å². The number of ether oxygens (including phenoxy) is 3. The second kappa shape index (κ2) is 9.79. The van der Waals surface area contributed by atoms with Crippen molar-refractivity contribution in [2.75, 3.05) is 19.9 Å². The monoisotopic (exact) mass is 562 g/mol. The average Bonchev–Trinajstić information content (AvgIpc) is 3.34. The van der Waals surface area contributed by atoms with E-state index in [-0.39, 0.29) is 38.6 Å². The van der Waals surface area contributed by atoms with E-state index in [1.807, 2.05) is 0 Å². The van der Waals surface area contributed by atoms with Crippen LogP contribution in [0.1, 0.15) is 35.9 Å². The van der Waals surface area contributed by atoms with Crippen molar-refractivity contribution in [3.8, 4) is 11.5 Å². The van der Waals surface area contributed by atoms with Gasteiger partial charge < -0.3 is 24.0 Å². The molecule has 2 saturated heterocycles. The molecule has 7 nitrogen and oxygen atoms in total. The van der Waals surface area contributed by atoms with Gasteiger partial charge in [-0.1, -0.05) is 18.2 Å². The summed E-state index contributed by atoms with van der Waals surface area (Å²) in [6, 6.07) is 9.69. The Hall–Kier alpha value is -3.71. The fourth-order valence-electron chi connectivity index (χ4n) is 5.18. The minimum atomic E-state index is -5.82. The number of benzene rings is 2. The van der Waals surface area contributed by atoms with Gasteiger partial charge in [0.05, 0.1) is 12.0 Å². The molecule has 0 aromatic heterocycles. The van der Waals surface area contributed by atoms with Crippen LogP contribution < -0.4 is 9.47 Å². The number of piperidine rings is 1. The Kier molecular flexibility index (Phi) is 6.75. The molecule has 3 aliphatic heterocycles. The molecule has 2 fully saturated rings. The summed E-state index contributed by atoms with van der Waals surface area (Å²) < 4.78 is 105. The van der Waals surface area contributed by atoms with Gasteiger partial charge in [-0.2, -0.15) is 26.3 Å². The van der Waals surface area contributed by atoms with Gasteiger partial charge in [0, 0.05) is 19.1 Å². The molecule has 0 saturated carbocycles. The number of fused-ring (bicyclic) bond motifs is 1. The first kappa shape index (κ1) is 26.9. The van der Waals surface area contributed by atoms with Gasteiger partial charge in [0.2, 0.25) is 12.7 Å². The predicted molar refractivity (Wildman–Crippen MR) is 118 cm³/mol. The van der Waals surface area contributed by atoms with Crippen LogP contribution in [0.2, 0.25) is 0 Å². The molecule has 39 heavy (non-hydrogen) atoms. The Balaban J connectivity index is 1.32. The van der Waals surface area contributed by atoms with E-state index in [9.17, 15) is 40.3 Å². The van der Waals surface area contributed by atoms with Crippen molar-refractivity contribution in [1.29, 1.82) is 0 Å². The summed E-state index contributed by atoms with van der Waals surface area (Å²) in [7, 11) is 0. The SMILES string of the molecule is O=C(OC(C(F)(F)F)C(F)(F)F)N1CCC(N2C(=O)[C@H](c3ccc(F)cc3)[C@H]2c2ccc3c(c2)OCO3)CC1. The molecule has 0 radical (unpaired) electrons. The standard InChI is InChI=1S/C25H21F7N2O5/c26-15-4-1-13(2-5-15)19-20(14-3-6-17-18(11-14)38-12-37-17)34(21(19)35)16-7-9-33(10-8-16)23(36)39-22(24(27,28)29)25(30,31)32/h1-6,11,16,19-20,22H,7-10,12H2/t19-,20-/m1/s1. The highest BCUT2D eigenvalue weighted by molar-refractivity contribution is 5.92. The number of carbonyl (C=O) groups is 2. The number of nitrogens with zero attached hydrogens (tertiary/aromatic N) is 2. The molecule has 14 heteroatoms. The van der Waals surface area contributed by atoms with Gasteiger partial charge in [0.15, 0.2) is 11.5 Å². The molecule has 0 bridgehead atoms. The third-order valence-electron chi connectivity index (χ3n) is 7.03. The molecule has 5 rings (SSSR count). The molecule has 3 aliphatic rings. The van der Waals surface area contributed by atoms with Crippen LogP contribution in [0.4, 0.5) is 35.5 Å². The van der Waals surface area contributed by atoms with Crippen molar-refractivity contribution in [2.45, 2.75) is 49.3 Å². The third-order valence-corrected chi connectivity index (χ3v) is 7.03. The summed E-state index contributed by atoms with van der Waals surface area (Å²) in [6.45, 7) is -0.402. The molecule has 2 atom stereocenters. The summed E-state index contributed by atoms with van der Waals surface area (Å²) in [5, 5.41) is 0. The lowest BCUT2D eigenvalue weighted by Gasteiger charge is -2.53. The smallest absolute Gasteiger partial charge is 0.434 e. The van der Waals surface area contributed by atoms with Crippen molar-refractivity contribution >= 4 is 12.0 Å². The van der Waals surface area contributed by atoms with E-state index < -0.39 is 48.4 Å². The van der Waals surface area contributed by atoms with Crippen molar-refractivity contribution in [3.05, 3.63) is 59.4 Å². The Labute approximate surface area is 217 Å². The molecule has 0 unspecified atom stereocenters. The lowest BCUT2D eigenvalue weighted by Crippen LogP contribution is -2.60.